The smallest absolute Gasteiger partial charge is 0.412 e. The Morgan fingerprint density at radius 2 is 1.89 bits per heavy atom. The van der Waals surface area contributed by atoms with E-state index in [0.29, 0.717) is 11.6 Å². The molecular weight excluding hydrogens is 384 g/mol. The number of anilines is 1. The normalized spacial score (nSPS) is 23.8. The van der Waals surface area contributed by atoms with Gasteiger partial charge in [0.2, 0.25) is 0 Å². The van der Waals surface area contributed by atoms with Gasteiger partial charge in [0, 0.05) is 12.6 Å². The summed E-state index contributed by atoms with van der Waals surface area (Å²) in [5.74, 6) is 0.214. The molecule has 3 aliphatic heterocycles. The van der Waals surface area contributed by atoms with Crippen molar-refractivity contribution in [1.82, 2.24) is 4.90 Å². The van der Waals surface area contributed by atoms with E-state index in [1.807, 2.05) is 0 Å². The standard InChI is InChI=1S/C20H27ClN2O5/c1-20(2,3)28-19(25)22-15-10-16(26-4)13(9-14(15)21)18(24)27-17-11-23-7-5-12(17)6-8-23/h9-10,12,17H,5-8,11H2,1-4H3,(H,22,25)/t17-/m0/s1. The van der Waals surface area contributed by atoms with E-state index in [1.54, 1.807) is 20.8 Å². The highest BCUT2D eigenvalue weighted by Gasteiger charge is 2.37. The van der Waals surface area contributed by atoms with Gasteiger partial charge in [-0.2, -0.15) is 0 Å². The first-order valence-electron chi connectivity index (χ1n) is 9.47. The number of benzene rings is 1. The van der Waals surface area contributed by atoms with E-state index in [4.69, 9.17) is 25.8 Å². The minimum Gasteiger partial charge on any atom is -0.496 e. The van der Waals surface area contributed by atoms with Crippen LogP contribution in [0.25, 0.3) is 0 Å². The largest absolute Gasteiger partial charge is 0.496 e. The highest BCUT2D eigenvalue weighted by atomic mass is 35.5. The van der Waals surface area contributed by atoms with Gasteiger partial charge in [-0.05, 0) is 58.7 Å². The number of amides is 1. The first-order valence-corrected chi connectivity index (χ1v) is 9.85. The van der Waals surface area contributed by atoms with Crippen LogP contribution in [0.5, 0.6) is 5.75 Å². The number of halogens is 1. The molecule has 0 aromatic heterocycles. The molecule has 0 spiro atoms. The van der Waals surface area contributed by atoms with Gasteiger partial charge in [-0.1, -0.05) is 11.6 Å². The Hall–Kier alpha value is -1.99. The maximum absolute atomic E-state index is 12.8. The summed E-state index contributed by atoms with van der Waals surface area (Å²) >= 11 is 6.28. The summed E-state index contributed by atoms with van der Waals surface area (Å²) in [6.45, 7) is 8.20. The molecule has 1 atom stereocenters. The molecule has 1 aromatic rings. The Labute approximate surface area is 170 Å². The molecule has 7 nitrogen and oxygen atoms in total. The monoisotopic (exact) mass is 410 g/mol. The van der Waals surface area contributed by atoms with Gasteiger partial charge in [-0.15, -0.1) is 0 Å². The van der Waals surface area contributed by atoms with Crippen molar-refractivity contribution in [3.63, 3.8) is 0 Å². The summed E-state index contributed by atoms with van der Waals surface area (Å²) in [5.41, 5.74) is -0.106. The number of rotatable bonds is 4. The minimum atomic E-state index is -0.640. The Morgan fingerprint density at radius 3 is 2.43 bits per heavy atom. The van der Waals surface area contributed by atoms with Crippen molar-refractivity contribution >= 4 is 29.4 Å². The van der Waals surface area contributed by atoms with Crippen molar-refractivity contribution in [2.45, 2.75) is 45.3 Å². The number of carbonyl (C=O) groups is 2. The molecule has 0 aliphatic carbocycles. The zero-order valence-corrected chi connectivity index (χ0v) is 17.5. The number of methoxy groups -OCH3 is 1. The minimum absolute atomic E-state index is 0.113. The van der Waals surface area contributed by atoms with Crippen LogP contribution in [0.1, 0.15) is 44.0 Å². The van der Waals surface area contributed by atoms with E-state index in [0.717, 1.165) is 32.5 Å². The second-order valence-corrected chi connectivity index (χ2v) is 8.65. The van der Waals surface area contributed by atoms with E-state index >= 15 is 0 Å². The van der Waals surface area contributed by atoms with Crippen LogP contribution in [-0.4, -0.2) is 55.4 Å². The third-order valence-electron chi connectivity index (χ3n) is 5.00. The highest BCUT2D eigenvalue weighted by molar-refractivity contribution is 6.34. The summed E-state index contributed by atoms with van der Waals surface area (Å²) in [5, 5.41) is 2.78. The molecule has 3 aliphatic rings. The van der Waals surface area contributed by atoms with Crippen LogP contribution in [-0.2, 0) is 9.47 Å². The molecule has 3 saturated heterocycles. The molecule has 154 valence electrons. The third kappa shape index (κ3) is 4.89. The summed E-state index contributed by atoms with van der Waals surface area (Å²) in [6.07, 6.45) is 1.35. The van der Waals surface area contributed by atoms with Gasteiger partial charge >= 0.3 is 12.1 Å². The number of nitrogens with one attached hydrogen (secondary N) is 1. The van der Waals surface area contributed by atoms with Crippen molar-refractivity contribution < 1.29 is 23.8 Å². The van der Waals surface area contributed by atoms with E-state index in [-0.39, 0.29) is 22.4 Å². The van der Waals surface area contributed by atoms with Crippen LogP contribution in [0, 0.1) is 5.92 Å². The first kappa shape index (κ1) is 20.7. The van der Waals surface area contributed by atoms with E-state index in [2.05, 4.69) is 10.2 Å². The van der Waals surface area contributed by atoms with Crippen LogP contribution in [0.3, 0.4) is 0 Å². The van der Waals surface area contributed by atoms with Gasteiger partial charge in [0.25, 0.3) is 0 Å². The summed E-state index contributed by atoms with van der Waals surface area (Å²) in [4.78, 5) is 27.1. The van der Waals surface area contributed by atoms with Gasteiger partial charge < -0.3 is 14.2 Å². The lowest BCUT2D eigenvalue weighted by Crippen LogP contribution is -2.51. The molecule has 0 radical (unpaired) electrons. The molecule has 3 fully saturated rings. The van der Waals surface area contributed by atoms with Gasteiger partial charge in [-0.3, -0.25) is 10.2 Å². The quantitative estimate of drug-likeness (QED) is 0.757. The molecule has 1 aromatic carbocycles. The third-order valence-corrected chi connectivity index (χ3v) is 5.31. The number of hydrogen-bond donors (Lipinski definition) is 1. The molecule has 4 rings (SSSR count). The Balaban J connectivity index is 1.73. The highest BCUT2D eigenvalue weighted by Crippen LogP contribution is 2.34. The van der Waals surface area contributed by atoms with Crippen molar-refractivity contribution in [2.75, 3.05) is 32.1 Å². The molecule has 1 N–H and O–H groups in total. The first-order chi connectivity index (χ1) is 13.2. The predicted molar refractivity (Wildman–Crippen MR) is 106 cm³/mol. The lowest BCUT2D eigenvalue weighted by Gasteiger charge is -2.43. The molecule has 1 amide bonds. The van der Waals surface area contributed by atoms with Crippen LogP contribution in [0.15, 0.2) is 12.1 Å². The Bertz CT molecular complexity index is 754. The van der Waals surface area contributed by atoms with Crippen LogP contribution >= 0.6 is 11.6 Å². The van der Waals surface area contributed by atoms with Gasteiger partial charge in [0.15, 0.2) is 0 Å². The summed E-state index contributed by atoms with van der Waals surface area (Å²) in [6, 6.07) is 2.95. The summed E-state index contributed by atoms with van der Waals surface area (Å²) in [7, 11) is 1.45. The fraction of sp³-hybridized carbons (Fsp3) is 0.600. The number of carbonyl (C=O) groups excluding carboxylic acids is 2. The second-order valence-electron chi connectivity index (χ2n) is 8.24. The molecular formula is C20H27ClN2O5. The Morgan fingerprint density at radius 1 is 1.21 bits per heavy atom. The zero-order chi connectivity index (χ0) is 20.5. The van der Waals surface area contributed by atoms with Gasteiger partial charge in [-0.25, -0.2) is 9.59 Å². The molecule has 8 heteroatoms. The van der Waals surface area contributed by atoms with E-state index in [1.165, 1.54) is 19.2 Å². The fourth-order valence-corrected chi connectivity index (χ4v) is 3.85. The van der Waals surface area contributed by atoms with Crippen LogP contribution in [0.4, 0.5) is 10.5 Å². The van der Waals surface area contributed by atoms with Crippen molar-refractivity contribution in [3.8, 4) is 5.75 Å². The average Bonchev–Trinajstić information content (AvgIpc) is 2.62. The van der Waals surface area contributed by atoms with E-state index < -0.39 is 17.7 Å². The second kappa shape index (κ2) is 8.17. The number of esters is 1. The Kier molecular flexibility index (Phi) is 6.05. The number of ether oxygens (including phenoxy) is 3. The van der Waals surface area contributed by atoms with E-state index in [9.17, 15) is 9.59 Å². The topological polar surface area (TPSA) is 77.1 Å². The average molecular weight is 411 g/mol. The molecule has 0 unspecified atom stereocenters. The maximum Gasteiger partial charge on any atom is 0.412 e. The molecule has 28 heavy (non-hydrogen) atoms. The van der Waals surface area contributed by atoms with Crippen molar-refractivity contribution in [1.29, 1.82) is 0 Å². The van der Waals surface area contributed by atoms with Crippen molar-refractivity contribution in [2.24, 2.45) is 5.92 Å². The molecule has 0 saturated carbocycles. The summed E-state index contributed by atoms with van der Waals surface area (Å²) < 4.78 is 16.3. The van der Waals surface area contributed by atoms with Gasteiger partial charge in [0.05, 0.1) is 17.8 Å². The number of nitrogens with zero attached hydrogens (tertiary/aromatic N) is 1. The lowest BCUT2D eigenvalue weighted by atomic mass is 9.86. The number of hydrogen-bond acceptors (Lipinski definition) is 6. The van der Waals surface area contributed by atoms with Gasteiger partial charge in [0.1, 0.15) is 23.0 Å². The predicted octanol–water partition coefficient (Wildman–Crippen LogP) is 3.95. The SMILES string of the molecule is COc1cc(NC(=O)OC(C)(C)C)c(Cl)cc1C(=O)O[C@H]1CN2CCC1CC2. The number of piperidine rings is 3. The number of fused-ring (bicyclic) bond motifs is 3. The molecule has 3 heterocycles. The fourth-order valence-electron chi connectivity index (χ4n) is 3.64. The molecule has 2 bridgehead atoms. The zero-order valence-electron chi connectivity index (χ0n) is 16.7. The maximum atomic E-state index is 12.8. The van der Waals surface area contributed by atoms with Crippen molar-refractivity contribution in [3.05, 3.63) is 22.7 Å². The lowest BCUT2D eigenvalue weighted by molar-refractivity contribution is -0.0457. The van der Waals surface area contributed by atoms with Crippen LogP contribution < -0.4 is 10.1 Å². The van der Waals surface area contributed by atoms with Crippen LogP contribution in [0.2, 0.25) is 5.02 Å².